The van der Waals surface area contributed by atoms with Crippen molar-refractivity contribution in [2.24, 2.45) is 9.98 Å². The minimum atomic E-state index is 0.857. The molecule has 0 saturated carbocycles. The second-order valence-corrected chi connectivity index (χ2v) is 6.35. The van der Waals surface area contributed by atoms with Gasteiger partial charge in [0.2, 0.25) is 0 Å². The molecule has 3 N–H and O–H groups in total. The van der Waals surface area contributed by atoms with E-state index in [-0.39, 0.29) is 0 Å². The van der Waals surface area contributed by atoms with Crippen LogP contribution in [0, 0.1) is 0 Å². The molecule has 3 aromatic rings. The van der Waals surface area contributed by atoms with Crippen LogP contribution in [0.2, 0.25) is 0 Å². The standard InChI is InChI=1S/C20H19N5/c1-3-14(19-21-7-8-22-19)4-2-13(1)17-12-25-18-11-15(5-6-16(17)18)20-23-9-10-24-20/h1-6,11-12,25H,7-10H2,(H,21,22)(H,23,24). The molecule has 0 fully saturated rings. The highest BCUT2D eigenvalue weighted by Gasteiger charge is 2.12. The molecule has 5 nitrogen and oxygen atoms in total. The van der Waals surface area contributed by atoms with Gasteiger partial charge in [-0.05, 0) is 11.6 Å². The zero-order chi connectivity index (χ0) is 16.6. The minimum Gasteiger partial charge on any atom is -0.368 e. The number of aromatic nitrogens is 1. The molecule has 0 unspecified atom stereocenters. The Bertz CT molecular complexity index is 995. The largest absolute Gasteiger partial charge is 0.368 e. The predicted octanol–water partition coefficient (Wildman–Crippen LogP) is 2.53. The van der Waals surface area contributed by atoms with Crippen molar-refractivity contribution >= 4 is 22.6 Å². The maximum Gasteiger partial charge on any atom is 0.128 e. The summed E-state index contributed by atoms with van der Waals surface area (Å²) >= 11 is 0. The van der Waals surface area contributed by atoms with E-state index in [9.17, 15) is 0 Å². The summed E-state index contributed by atoms with van der Waals surface area (Å²) in [7, 11) is 0. The number of aromatic amines is 1. The summed E-state index contributed by atoms with van der Waals surface area (Å²) in [6.07, 6.45) is 2.08. The van der Waals surface area contributed by atoms with Gasteiger partial charge in [-0.25, -0.2) is 0 Å². The van der Waals surface area contributed by atoms with Crippen LogP contribution in [0.3, 0.4) is 0 Å². The number of H-pyrrole nitrogens is 1. The van der Waals surface area contributed by atoms with Gasteiger partial charge in [0.05, 0.1) is 13.1 Å². The Morgan fingerprint density at radius 1 is 0.720 bits per heavy atom. The van der Waals surface area contributed by atoms with E-state index in [1.165, 1.54) is 16.5 Å². The average molecular weight is 329 g/mol. The van der Waals surface area contributed by atoms with Gasteiger partial charge in [-0.3, -0.25) is 9.98 Å². The first-order valence-electron chi connectivity index (χ1n) is 8.67. The third-order valence-electron chi connectivity index (χ3n) is 4.77. The Balaban J connectivity index is 1.50. The Kier molecular flexibility index (Phi) is 3.30. The summed E-state index contributed by atoms with van der Waals surface area (Å²) in [4.78, 5) is 12.4. The molecule has 0 saturated heterocycles. The van der Waals surface area contributed by atoms with Crippen molar-refractivity contribution in [1.29, 1.82) is 0 Å². The second kappa shape index (κ2) is 5.77. The number of hydrogen-bond acceptors (Lipinski definition) is 4. The number of nitrogens with one attached hydrogen (secondary N) is 3. The fraction of sp³-hybridized carbons (Fsp3) is 0.200. The second-order valence-electron chi connectivity index (χ2n) is 6.35. The van der Waals surface area contributed by atoms with Gasteiger partial charge >= 0.3 is 0 Å². The van der Waals surface area contributed by atoms with Crippen molar-refractivity contribution in [3.05, 3.63) is 59.8 Å². The van der Waals surface area contributed by atoms with Crippen molar-refractivity contribution < 1.29 is 0 Å². The highest BCUT2D eigenvalue weighted by molar-refractivity contribution is 6.05. The van der Waals surface area contributed by atoms with Crippen LogP contribution in [0.4, 0.5) is 0 Å². The molecule has 2 aliphatic rings. The van der Waals surface area contributed by atoms with Gasteiger partial charge in [-0.2, -0.15) is 0 Å². The molecule has 0 bridgehead atoms. The molecule has 2 aromatic carbocycles. The van der Waals surface area contributed by atoms with Gasteiger partial charge in [0.25, 0.3) is 0 Å². The van der Waals surface area contributed by atoms with Gasteiger partial charge in [-0.15, -0.1) is 0 Å². The molecule has 0 aliphatic carbocycles. The van der Waals surface area contributed by atoms with Crippen molar-refractivity contribution in [2.75, 3.05) is 26.2 Å². The summed E-state index contributed by atoms with van der Waals surface area (Å²) in [6.45, 7) is 3.58. The summed E-state index contributed by atoms with van der Waals surface area (Å²) < 4.78 is 0. The lowest BCUT2D eigenvalue weighted by molar-refractivity contribution is 0.960. The summed E-state index contributed by atoms with van der Waals surface area (Å²) in [5.74, 6) is 1.99. The van der Waals surface area contributed by atoms with Crippen LogP contribution in [0.1, 0.15) is 11.1 Å². The maximum absolute atomic E-state index is 4.50. The highest BCUT2D eigenvalue weighted by atomic mass is 15.1. The quantitative estimate of drug-likeness (QED) is 0.691. The Hall–Kier alpha value is -3.08. The topological polar surface area (TPSA) is 64.6 Å². The average Bonchev–Trinajstić information content (AvgIpc) is 3.42. The Morgan fingerprint density at radius 3 is 2.04 bits per heavy atom. The molecule has 124 valence electrons. The molecule has 5 heteroatoms. The first-order chi connectivity index (χ1) is 12.4. The third kappa shape index (κ3) is 2.48. The predicted molar refractivity (Wildman–Crippen MR) is 103 cm³/mol. The number of amidine groups is 2. The molecule has 0 amide bonds. The molecule has 0 spiro atoms. The van der Waals surface area contributed by atoms with Crippen LogP contribution in [-0.4, -0.2) is 42.8 Å². The first kappa shape index (κ1) is 14.3. The lowest BCUT2D eigenvalue weighted by atomic mass is 10.0. The number of rotatable bonds is 3. The fourth-order valence-corrected chi connectivity index (χ4v) is 3.50. The molecule has 2 aliphatic heterocycles. The van der Waals surface area contributed by atoms with E-state index in [0.717, 1.165) is 54.5 Å². The van der Waals surface area contributed by atoms with Crippen molar-refractivity contribution in [3.63, 3.8) is 0 Å². The zero-order valence-corrected chi connectivity index (χ0v) is 13.8. The molecule has 0 atom stereocenters. The van der Waals surface area contributed by atoms with E-state index in [2.05, 4.69) is 74.3 Å². The van der Waals surface area contributed by atoms with Gasteiger partial charge in [0, 0.05) is 46.9 Å². The van der Waals surface area contributed by atoms with Crippen molar-refractivity contribution in [3.8, 4) is 11.1 Å². The van der Waals surface area contributed by atoms with Gasteiger partial charge < -0.3 is 15.6 Å². The van der Waals surface area contributed by atoms with E-state index in [0.29, 0.717) is 0 Å². The Labute approximate surface area is 145 Å². The third-order valence-corrected chi connectivity index (χ3v) is 4.77. The number of aliphatic imine (C=N–C) groups is 2. The molecule has 1 aromatic heterocycles. The molecule has 5 rings (SSSR count). The molecule has 25 heavy (non-hydrogen) atoms. The highest BCUT2D eigenvalue weighted by Crippen LogP contribution is 2.29. The number of fused-ring (bicyclic) bond motifs is 1. The van der Waals surface area contributed by atoms with Gasteiger partial charge in [-0.1, -0.05) is 36.4 Å². The summed E-state index contributed by atoms with van der Waals surface area (Å²) in [6, 6.07) is 15.1. The van der Waals surface area contributed by atoms with Gasteiger partial charge in [0.15, 0.2) is 0 Å². The van der Waals surface area contributed by atoms with Crippen LogP contribution in [0.5, 0.6) is 0 Å². The van der Waals surface area contributed by atoms with Crippen LogP contribution in [-0.2, 0) is 0 Å². The maximum atomic E-state index is 4.50. The first-order valence-corrected chi connectivity index (χ1v) is 8.67. The Morgan fingerprint density at radius 2 is 1.36 bits per heavy atom. The zero-order valence-electron chi connectivity index (χ0n) is 13.8. The van der Waals surface area contributed by atoms with E-state index >= 15 is 0 Å². The number of nitrogens with zero attached hydrogens (tertiary/aromatic N) is 2. The van der Waals surface area contributed by atoms with Crippen LogP contribution in [0.25, 0.3) is 22.0 Å². The van der Waals surface area contributed by atoms with Crippen LogP contribution < -0.4 is 10.6 Å². The van der Waals surface area contributed by atoms with E-state index in [4.69, 9.17) is 0 Å². The summed E-state index contributed by atoms with van der Waals surface area (Å²) in [5, 5.41) is 7.87. The normalized spacial score (nSPS) is 16.5. The molecular weight excluding hydrogens is 310 g/mol. The minimum absolute atomic E-state index is 0.857. The lowest BCUT2D eigenvalue weighted by Gasteiger charge is -2.05. The molecule has 0 radical (unpaired) electrons. The van der Waals surface area contributed by atoms with E-state index in [1.54, 1.807) is 0 Å². The fourth-order valence-electron chi connectivity index (χ4n) is 3.50. The van der Waals surface area contributed by atoms with Crippen molar-refractivity contribution in [1.82, 2.24) is 15.6 Å². The van der Waals surface area contributed by atoms with Crippen LogP contribution >= 0.6 is 0 Å². The van der Waals surface area contributed by atoms with Crippen molar-refractivity contribution in [2.45, 2.75) is 0 Å². The summed E-state index contributed by atoms with van der Waals surface area (Å²) in [5.41, 5.74) is 5.84. The van der Waals surface area contributed by atoms with E-state index in [1.807, 2.05) is 0 Å². The SMILES string of the molecule is c1cc(-c2c[nH]c3cc(C4=NCCN4)ccc23)ccc1C1=NCCN1. The number of hydrogen-bond donors (Lipinski definition) is 3. The molecular formula is C20H19N5. The smallest absolute Gasteiger partial charge is 0.128 e. The van der Waals surface area contributed by atoms with E-state index < -0.39 is 0 Å². The van der Waals surface area contributed by atoms with Gasteiger partial charge in [0.1, 0.15) is 11.7 Å². The number of benzene rings is 2. The monoisotopic (exact) mass is 329 g/mol. The lowest BCUT2D eigenvalue weighted by Crippen LogP contribution is -2.19. The van der Waals surface area contributed by atoms with Crippen LogP contribution in [0.15, 0.2) is 58.6 Å². The molecule has 3 heterocycles.